The molecule has 1 heterocycles. The highest BCUT2D eigenvalue weighted by Crippen LogP contribution is 2.22. The smallest absolute Gasteiger partial charge is 0.131 e. The highest BCUT2D eigenvalue weighted by Gasteiger charge is 2.17. The van der Waals surface area contributed by atoms with Gasteiger partial charge in [0, 0.05) is 24.3 Å². The Balaban J connectivity index is 2.30. The van der Waals surface area contributed by atoms with E-state index in [9.17, 15) is 8.78 Å². The molecule has 1 aromatic rings. The van der Waals surface area contributed by atoms with Crippen molar-refractivity contribution < 1.29 is 8.78 Å². The van der Waals surface area contributed by atoms with E-state index in [1.165, 1.54) is 12.1 Å². The predicted molar refractivity (Wildman–Crippen MR) is 45.3 cm³/mol. The summed E-state index contributed by atoms with van der Waals surface area (Å²) in [5.41, 5.74) is 3.20. The molecule has 4 heteroatoms. The lowest BCUT2D eigenvalue weighted by atomic mass is 10.1. The SMILES string of the molecule is Fc1ccc(C2CC=NN2)c(F)c1. The van der Waals surface area contributed by atoms with Crippen molar-refractivity contribution in [2.24, 2.45) is 5.10 Å². The molecular weight excluding hydrogens is 174 g/mol. The maximum Gasteiger partial charge on any atom is 0.131 e. The molecule has 1 atom stereocenters. The van der Waals surface area contributed by atoms with Gasteiger partial charge < -0.3 is 5.43 Å². The molecule has 2 rings (SSSR count). The third-order valence-electron chi connectivity index (χ3n) is 2.00. The van der Waals surface area contributed by atoms with E-state index in [0.29, 0.717) is 12.0 Å². The second-order valence-electron chi connectivity index (χ2n) is 2.89. The summed E-state index contributed by atoms with van der Waals surface area (Å²) in [5.74, 6) is -1.08. The molecule has 0 saturated heterocycles. The molecule has 1 aliphatic rings. The number of nitrogens with one attached hydrogen (secondary N) is 1. The molecule has 1 unspecified atom stereocenters. The Morgan fingerprint density at radius 1 is 1.38 bits per heavy atom. The van der Waals surface area contributed by atoms with E-state index in [1.807, 2.05) is 0 Å². The summed E-state index contributed by atoms with van der Waals surface area (Å²) >= 11 is 0. The summed E-state index contributed by atoms with van der Waals surface area (Å²) < 4.78 is 25.7. The standard InChI is InChI=1S/C9H8F2N2/c10-6-1-2-7(8(11)5-6)9-3-4-12-13-9/h1-2,4-5,9,13H,3H2. The number of hydrazone groups is 1. The Morgan fingerprint density at radius 2 is 2.23 bits per heavy atom. The quantitative estimate of drug-likeness (QED) is 0.705. The molecular formula is C9H8F2N2. The third-order valence-corrected chi connectivity index (χ3v) is 2.00. The number of nitrogens with zero attached hydrogens (tertiary/aromatic N) is 1. The Kier molecular flexibility index (Phi) is 1.96. The number of halogens is 2. The molecule has 0 bridgehead atoms. The summed E-state index contributed by atoms with van der Waals surface area (Å²) in [7, 11) is 0. The topological polar surface area (TPSA) is 24.4 Å². The van der Waals surface area contributed by atoms with Crippen molar-refractivity contribution in [3.8, 4) is 0 Å². The summed E-state index contributed by atoms with van der Waals surface area (Å²) in [6.07, 6.45) is 2.32. The van der Waals surface area contributed by atoms with Gasteiger partial charge in [-0.15, -0.1) is 0 Å². The fraction of sp³-hybridized carbons (Fsp3) is 0.222. The molecule has 1 aromatic carbocycles. The second-order valence-corrected chi connectivity index (χ2v) is 2.89. The normalized spacial score (nSPS) is 20.3. The van der Waals surface area contributed by atoms with Gasteiger partial charge in [-0.1, -0.05) is 6.07 Å². The van der Waals surface area contributed by atoms with Crippen LogP contribution in [-0.4, -0.2) is 6.21 Å². The monoisotopic (exact) mass is 182 g/mol. The van der Waals surface area contributed by atoms with Crippen molar-refractivity contribution in [1.82, 2.24) is 5.43 Å². The lowest BCUT2D eigenvalue weighted by Crippen LogP contribution is -2.11. The first-order chi connectivity index (χ1) is 6.27. The van der Waals surface area contributed by atoms with Gasteiger partial charge in [0.2, 0.25) is 0 Å². The van der Waals surface area contributed by atoms with Gasteiger partial charge in [0.25, 0.3) is 0 Å². The van der Waals surface area contributed by atoms with Crippen LogP contribution in [0.25, 0.3) is 0 Å². The minimum Gasteiger partial charge on any atom is -0.302 e. The summed E-state index contributed by atoms with van der Waals surface area (Å²) in [5, 5.41) is 3.77. The molecule has 0 amide bonds. The summed E-state index contributed by atoms with van der Waals surface area (Å²) in [6.45, 7) is 0. The second kappa shape index (κ2) is 3.12. The van der Waals surface area contributed by atoms with Crippen LogP contribution >= 0.6 is 0 Å². The fourth-order valence-corrected chi connectivity index (χ4v) is 1.33. The molecule has 0 aliphatic carbocycles. The van der Waals surface area contributed by atoms with Gasteiger partial charge >= 0.3 is 0 Å². The zero-order valence-corrected chi connectivity index (χ0v) is 6.80. The summed E-state index contributed by atoms with van der Waals surface area (Å²) in [6, 6.07) is 3.42. The Labute approximate surface area is 74.3 Å². The average Bonchev–Trinajstić information content (AvgIpc) is 2.56. The Bertz CT molecular complexity index is 341. The zero-order chi connectivity index (χ0) is 9.26. The van der Waals surface area contributed by atoms with Crippen LogP contribution in [0.2, 0.25) is 0 Å². The highest BCUT2D eigenvalue weighted by atomic mass is 19.1. The minimum absolute atomic E-state index is 0.152. The molecule has 0 fully saturated rings. The van der Waals surface area contributed by atoms with Gasteiger partial charge in [0.15, 0.2) is 0 Å². The van der Waals surface area contributed by atoms with E-state index in [0.717, 1.165) is 6.07 Å². The number of hydrogen-bond acceptors (Lipinski definition) is 2. The first-order valence-corrected chi connectivity index (χ1v) is 3.99. The van der Waals surface area contributed by atoms with Crippen molar-refractivity contribution in [3.05, 3.63) is 35.4 Å². The van der Waals surface area contributed by atoms with Gasteiger partial charge in [-0.3, -0.25) is 0 Å². The first-order valence-electron chi connectivity index (χ1n) is 3.99. The van der Waals surface area contributed by atoms with Crippen LogP contribution < -0.4 is 5.43 Å². The van der Waals surface area contributed by atoms with Gasteiger partial charge in [-0.05, 0) is 6.07 Å². The molecule has 1 N–H and O–H groups in total. The van der Waals surface area contributed by atoms with Gasteiger partial charge in [0.1, 0.15) is 11.6 Å². The van der Waals surface area contributed by atoms with Crippen molar-refractivity contribution in [1.29, 1.82) is 0 Å². The van der Waals surface area contributed by atoms with E-state index in [-0.39, 0.29) is 6.04 Å². The average molecular weight is 182 g/mol. The number of benzene rings is 1. The molecule has 1 aliphatic heterocycles. The summed E-state index contributed by atoms with van der Waals surface area (Å²) in [4.78, 5) is 0. The van der Waals surface area contributed by atoms with Crippen molar-refractivity contribution in [3.63, 3.8) is 0 Å². The Morgan fingerprint density at radius 3 is 2.85 bits per heavy atom. The van der Waals surface area contributed by atoms with Crippen molar-refractivity contribution in [2.75, 3.05) is 0 Å². The largest absolute Gasteiger partial charge is 0.302 e. The van der Waals surface area contributed by atoms with Crippen LogP contribution in [0, 0.1) is 11.6 Å². The highest BCUT2D eigenvalue weighted by molar-refractivity contribution is 5.60. The third kappa shape index (κ3) is 1.52. The molecule has 0 spiro atoms. The van der Waals surface area contributed by atoms with Crippen LogP contribution in [-0.2, 0) is 0 Å². The van der Waals surface area contributed by atoms with Gasteiger partial charge in [-0.25, -0.2) is 8.78 Å². The van der Waals surface area contributed by atoms with Crippen LogP contribution in [0.1, 0.15) is 18.0 Å². The van der Waals surface area contributed by atoms with Gasteiger partial charge in [0.05, 0.1) is 6.04 Å². The maximum atomic E-state index is 13.2. The molecule has 0 radical (unpaired) electrons. The molecule has 13 heavy (non-hydrogen) atoms. The molecule has 2 nitrogen and oxygen atoms in total. The minimum atomic E-state index is -0.555. The van der Waals surface area contributed by atoms with Crippen LogP contribution in [0.3, 0.4) is 0 Å². The van der Waals surface area contributed by atoms with Crippen molar-refractivity contribution >= 4 is 6.21 Å². The Hall–Kier alpha value is -1.45. The lowest BCUT2D eigenvalue weighted by molar-refractivity contribution is 0.533. The number of rotatable bonds is 1. The zero-order valence-electron chi connectivity index (χ0n) is 6.80. The van der Waals surface area contributed by atoms with E-state index >= 15 is 0 Å². The molecule has 68 valence electrons. The van der Waals surface area contributed by atoms with E-state index in [4.69, 9.17) is 0 Å². The van der Waals surface area contributed by atoms with Crippen molar-refractivity contribution in [2.45, 2.75) is 12.5 Å². The first kappa shape index (κ1) is 8.16. The van der Waals surface area contributed by atoms with Gasteiger partial charge in [-0.2, -0.15) is 5.10 Å². The predicted octanol–water partition coefficient (Wildman–Crippen LogP) is 1.99. The van der Waals surface area contributed by atoms with E-state index in [2.05, 4.69) is 10.5 Å². The lowest BCUT2D eigenvalue weighted by Gasteiger charge is -2.10. The maximum absolute atomic E-state index is 13.2. The molecule has 0 saturated carbocycles. The fourth-order valence-electron chi connectivity index (χ4n) is 1.33. The van der Waals surface area contributed by atoms with E-state index in [1.54, 1.807) is 6.21 Å². The molecule has 0 aromatic heterocycles. The number of hydrogen-bond donors (Lipinski definition) is 1. The van der Waals surface area contributed by atoms with Crippen LogP contribution in [0.15, 0.2) is 23.3 Å². The van der Waals surface area contributed by atoms with Crippen LogP contribution in [0.4, 0.5) is 8.78 Å². The van der Waals surface area contributed by atoms with E-state index < -0.39 is 11.6 Å². The van der Waals surface area contributed by atoms with Crippen LogP contribution in [0.5, 0.6) is 0 Å².